The van der Waals surface area contributed by atoms with E-state index in [0.29, 0.717) is 0 Å². The monoisotopic (exact) mass is 429 g/mol. The molecule has 0 N–H and O–H groups in total. The van der Waals surface area contributed by atoms with Crippen molar-refractivity contribution in [1.29, 1.82) is 0 Å². The molecule has 11 heteroatoms. The molecule has 1 heterocycles. The van der Waals surface area contributed by atoms with Crippen molar-refractivity contribution in [2.45, 2.75) is 51.3 Å². The molecule has 1 spiro atoms. The summed E-state index contributed by atoms with van der Waals surface area (Å²) in [5.74, 6) is -3.85. The van der Waals surface area contributed by atoms with Crippen LogP contribution in [0.5, 0.6) is 0 Å². The zero-order valence-electron chi connectivity index (χ0n) is 16.9. The second kappa shape index (κ2) is 8.11. The highest BCUT2D eigenvalue weighted by molar-refractivity contribution is 5.93. The average molecular weight is 429 g/mol. The van der Waals surface area contributed by atoms with Gasteiger partial charge >= 0.3 is 24.2 Å². The third-order valence-corrected chi connectivity index (χ3v) is 5.43. The van der Waals surface area contributed by atoms with Crippen LogP contribution < -0.4 is 0 Å². The van der Waals surface area contributed by atoms with Gasteiger partial charge in [0.2, 0.25) is 6.29 Å². The van der Waals surface area contributed by atoms with Crippen molar-refractivity contribution in [2.75, 3.05) is 13.3 Å². The lowest BCUT2D eigenvalue weighted by atomic mass is 9.88. The van der Waals surface area contributed by atoms with Gasteiger partial charge in [-0.25, -0.2) is 18.8 Å². The van der Waals surface area contributed by atoms with Gasteiger partial charge in [0, 0.05) is 12.8 Å². The molecule has 1 aliphatic heterocycles. The summed E-state index contributed by atoms with van der Waals surface area (Å²) in [6.07, 6.45) is -4.09. The summed E-state index contributed by atoms with van der Waals surface area (Å²) in [6, 6.07) is 0. The Labute approximate surface area is 172 Å². The molecule has 6 atom stereocenters. The van der Waals surface area contributed by atoms with Gasteiger partial charge in [-0.3, -0.25) is 9.69 Å². The molecule has 10 nitrogen and oxygen atoms in total. The highest BCUT2D eigenvalue weighted by Crippen LogP contribution is 2.66. The summed E-state index contributed by atoms with van der Waals surface area (Å²) in [7, 11) is 0. The molecule has 2 aliphatic carbocycles. The Hall–Kier alpha value is -2.85. The first-order valence-corrected chi connectivity index (χ1v) is 9.58. The fourth-order valence-electron chi connectivity index (χ4n) is 4.32. The van der Waals surface area contributed by atoms with Gasteiger partial charge in [0.15, 0.2) is 12.3 Å². The summed E-state index contributed by atoms with van der Waals surface area (Å²) in [4.78, 5) is 49.8. The average Bonchev–Trinajstić information content (AvgIpc) is 3.13. The van der Waals surface area contributed by atoms with Crippen LogP contribution >= 0.6 is 0 Å². The molecule has 0 aromatic heterocycles. The molecular weight excluding hydrogens is 405 g/mol. The lowest BCUT2D eigenvalue weighted by Gasteiger charge is -2.33. The molecule has 0 bridgehead atoms. The van der Waals surface area contributed by atoms with Gasteiger partial charge in [-0.05, 0) is 26.2 Å². The fourth-order valence-corrected chi connectivity index (χ4v) is 4.32. The van der Waals surface area contributed by atoms with E-state index in [-0.39, 0.29) is 13.0 Å². The lowest BCUT2D eigenvalue weighted by Crippen LogP contribution is -2.58. The highest BCUT2D eigenvalue weighted by Gasteiger charge is 2.81. The van der Waals surface area contributed by atoms with Gasteiger partial charge in [-0.1, -0.05) is 12.7 Å². The number of hydrogen-bond acceptors (Lipinski definition) is 9. The molecule has 30 heavy (non-hydrogen) atoms. The number of carbonyl (C=O) groups excluding carboxylic acids is 4. The van der Waals surface area contributed by atoms with Crippen LogP contribution in [0.25, 0.3) is 0 Å². The summed E-state index contributed by atoms with van der Waals surface area (Å²) in [6.45, 7) is 7.41. The van der Waals surface area contributed by atoms with Crippen molar-refractivity contribution in [1.82, 2.24) is 4.90 Å². The molecule has 0 radical (unpaired) electrons. The predicted molar refractivity (Wildman–Crippen MR) is 95.3 cm³/mol. The number of halogens is 1. The topological polar surface area (TPSA) is 118 Å². The van der Waals surface area contributed by atoms with Crippen molar-refractivity contribution in [3.63, 3.8) is 0 Å². The fraction of sp³-hybridized carbons (Fsp3) is 0.684. The van der Waals surface area contributed by atoms with Gasteiger partial charge in [-0.2, -0.15) is 0 Å². The van der Waals surface area contributed by atoms with Crippen LogP contribution in [0.1, 0.15) is 27.2 Å². The zero-order valence-corrected chi connectivity index (χ0v) is 16.9. The molecule has 1 amide bonds. The second-order valence-electron chi connectivity index (χ2n) is 7.64. The first kappa shape index (κ1) is 21.8. The van der Waals surface area contributed by atoms with Gasteiger partial charge in [0.05, 0.1) is 12.0 Å². The number of esters is 2. The van der Waals surface area contributed by atoms with Crippen LogP contribution in [0, 0.1) is 17.8 Å². The number of alkyl halides is 1. The normalized spacial score (nSPS) is 32.3. The molecule has 0 aromatic carbocycles. The Bertz CT molecular complexity index is 756. The van der Waals surface area contributed by atoms with E-state index in [9.17, 15) is 23.6 Å². The number of ether oxygens (including phenoxy) is 5. The summed E-state index contributed by atoms with van der Waals surface area (Å²) in [5.41, 5.74) is -1.94. The van der Waals surface area contributed by atoms with E-state index in [4.69, 9.17) is 23.7 Å². The first-order chi connectivity index (χ1) is 14.1. The van der Waals surface area contributed by atoms with Gasteiger partial charge < -0.3 is 23.7 Å². The Balaban J connectivity index is 1.69. The maximum absolute atomic E-state index is 14.9. The minimum Gasteiger partial charge on any atom is -0.445 e. The molecule has 3 rings (SSSR count). The minimum absolute atomic E-state index is 0.116. The van der Waals surface area contributed by atoms with E-state index in [0.717, 1.165) is 4.90 Å². The zero-order chi connectivity index (χ0) is 22.2. The van der Waals surface area contributed by atoms with Crippen LogP contribution in [0.2, 0.25) is 0 Å². The third-order valence-electron chi connectivity index (χ3n) is 5.43. The highest BCUT2D eigenvalue weighted by atomic mass is 19.1. The van der Waals surface area contributed by atoms with Gasteiger partial charge in [0.1, 0.15) is 12.8 Å². The predicted octanol–water partition coefficient (Wildman–Crippen LogP) is 1.92. The molecule has 3 aliphatic rings. The van der Waals surface area contributed by atoms with E-state index in [1.807, 2.05) is 0 Å². The van der Waals surface area contributed by atoms with Crippen LogP contribution in [0.3, 0.4) is 0 Å². The van der Waals surface area contributed by atoms with Gasteiger partial charge in [0.25, 0.3) is 0 Å². The molecule has 3 fully saturated rings. The van der Waals surface area contributed by atoms with E-state index in [1.165, 1.54) is 13.0 Å². The number of nitrogens with zero attached hydrogens (tertiary/aromatic N) is 1. The molecular formula is C19H24FNO9. The lowest BCUT2D eigenvalue weighted by molar-refractivity contribution is -0.172. The summed E-state index contributed by atoms with van der Waals surface area (Å²) in [5, 5.41) is 0. The van der Waals surface area contributed by atoms with Crippen molar-refractivity contribution in [2.24, 2.45) is 17.8 Å². The van der Waals surface area contributed by atoms with Crippen molar-refractivity contribution >= 4 is 24.2 Å². The Kier molecular flexibility index (Phi) is 5.91. The van der Waals surface area contributed by atoms with Crippen molar-refractivity contribution in [3.05, 3.63) is 12.7 Å². The quantitative estimate of drug-likeness (QED) is 0.270. The number of fused-ring (bicyclic) bond motifs is 2. The molecule has 1 unspecified atom stereocenters. The summed E-state index contributed by atoms with van der Waals surface area (Å²) < 4.78 is 39.6. The SMILES string of the molecule is C=CCOC(=O)N1COC(=O)[C@]12[C@H]1[C@@H](C[C@@H]2F)[C@@H]1C(=O)OC(C)OC(=O)OC(C)C. The Morgan fingerprint density at radius 1 is 1.30 bits per heavy atom. The van der Waals surface area contributed by atoms with Crippen LogP contribution in [0.4, 0.5) is 14.0 Å². The molecule has 166 valence electrons. The maximum atomic E-state index is 14.9. The minimum atomic E-state index is -1.94. The molecule has 2 saturated carbocycles. The Morgan fingerprint density at radius 3 is 2.63 bits per heavy atom. The third kappa shape index (κ3) is 3.56. The van der Waals surface area contributed by atoms with E-state index >= 15 is 0 Å². The van der Waals surface area contributed by atoms with E-state index in [1.54, 1.807) is 13.8 Å². The molecule has 0 aromatic rings. The number of rotatable bonds is 6. The number of carbonyl (C=O) groups is 4. The van der Waals surface area contributed by atoms with Crippen molar-refractivity contribution < 1.29 is 47.3 Å². The Morgan fingerprint density at radius 2 is 2.00 bits per heavy atom. The molecule has 1 saturated heterocycles. The van der Waals surface area contributed by atoms with Crippen LogP contribution in [-0.4, -0.2) is 66.5 Å². The first-order valence-electron chi connectivity index (χ1n) is 9.58. The smallest absolute Gasteiger partial charge is 0.445 e. The maximum Gasteiger partial charge on any atom is 0.511 e. The van der Waals surface area contributed by atoms with Crippen molar-refractivity contribution in [3.8, 4) is 0 Å². The van der Waals surface area contributed by atoms with E-state index in [2.05, 4.69) is 6.58 Å². The largest absolute Gasteiger partial charge is 0.511 e. The number of cyclic esters (lactones) is 1. The summed E-state index contributed by atoms with van der Waals surface area (Å²) >= 11 is 0. The number of amides is 1. The van der Waals surface area contributed by atoms with Crippen LogP contribution in [0.15, 0.2) is 12.7 Å². The standard InChI is InChI=1S/C19H24FNO9/c1-5-6-26-17(24)21-8-27-16(23)19(21)12(20)7-11-13(14(11)19)15(22)29-10(4)30-18(25)28-9(2)3/h5,9-14H,1,6-8H2,2-4H3/t10?,11-,12-,13-,14-,19-/m0/s1. The second-order valence-corrected chi connectivity index (χ2v) is 7.64. The number of hydrogen-bond donors (Lipinski definition) is 0. The van der Waals surface area contributed by atoms with Gasteiger partial charge in [-0.15, -0.1) is 0 Å². The van der Waals surface area contributed by atoms with E-state index < -0.39 is 72.8 Å². The van der Waals surface area contributed by atoms with Crippen LogP contribution in [-0.2, 0) is 33.3 Å².